The summed E-state index contributed by atoms with van der Waals surface area (Å²) in [6, 6.07) is 2.58. The van der Waals surface area contributed by atoms with Gasteiger partial charge in [-0.3, -0.25) is 10.1 Å². The topological polar surface area (TPSA) is 103 Å². The van der Waals surface area contributed by atoms with E-state index >= 15 is 0 Å². The number of nitrogens with one attached hydrogen (secondary N) is 2. The van der Waals surface area contributed by atoms with Gasteiger partial charge < -0.3 is 19.5 Å². The van der Waals surface area contributed by atoms with E-state index in [1.54, 1.807) is 32.9 Å². The maximum Gasteiger partial charge on any atom is 0.331 e. The second-order valence-corrected chi connectivity index (χ2v) is 7.48. The van der Waals surface area contributed by atoms with E-state index in [1.807, 2.05) is 6.92 Å². The van der Waals surface area contributed by atoms with Crippen LogP contribution in [0, 0.1) is 0 Å². The quantitative estimate of drug-likeness (QED) is 0.512. The third kappa shape index (κ3) is 8.43. The van der Waals surface area contributed by atoms with Crippen LogP contribution in [0.15, 0.2) is 18.2 Å². The van der Waals surface area contributed by atoms with E-state index in [-0.39, 0.29) is 0 Å². The fraction of sp³-hybridized carbons (Fsp3) is 0.450. The fourth-order valence-corrected chi connectivity index (χ4v) is 2.41. The summed E-state index contributed by atoms with van der Waals surface area (Å²) in [5.74, 6) is -0.660. The van der Waals surface area contributed by atoms with Crippen LogP contribution in [-0.2, 0) is 14.3 Å². The van der Waals surface area contributed by atoms with Gasteiger partial charge >= 0.3 is 12.0 Å². The number of ether oxygens (including phenoxy) is 3. The fourth-order valence-electron chi connectivity index (χ4n) is 2.14. The molecule has 0 aliphatic carbocycles. The molecule has 0 spiro atoms. The van der Waals surface area contributed by atoms with Crippen molar-refractivity contribution >= 4 is 35.6 Å². The molecule has 1 aromatic carbocycles. The summed E-state index contributed by atoms with van der Waals surface area (Å²) in [4.78, 5) is 35.6. The number of imide groups is 1. The largest absolute Gasteiger partial charge is 0.493 e. The Morgan fingerprint density at radius 3 is 2.45 bits per heavy atom. The standard InChI is InChI=1S/C20H27ClN2O6/c1-7-28-17-14(21)10-13(11-15(17)27-6)8-9-16(24)29-12(2)18(25)22-19(26)23-20(3,4)5/h8-12H,7H2,1-6H3,(H2,22,23,25,26)/b9-8+/t12-/m0/s1. The number of rotatable bonds is 7. The summed E-state index contributed by atoms with van der Waals surface area (Å²) in [6.07, 6.45) is 1.45. The second kappa shape index (κ2) is 10.7. The zero-order valence-corrected chi connectivity index (χ0v) is 18.2. The molecular weight excluding hydrogens is 400 g/mol. The van der Waals surface area contributed by atoms with Crippen molar-refractivity contribution in [3.63, 3.8) is 0 Å². The van der Waals surface area contributed by atoms with Crippen LogP contribution >= 0.6 is 11.6 Å². The van der Waals surface area contributed by atoms with Crippen LogP contribution in [0.5, 0.6) is 11.5 Å². The number of urea groups is 1. The molecule has 29 heavy (non-hydrogen) atoms. The number of hydrogen-bond donors (Lipinski definition) is 2. The minimum Gasteiger partial charge on any atom is -0.493 e. The maximum atomic E-state index is 12.0. The third-order valence-electron chi connectivity index (χ3n) is 3.34. The van der Waals surface area contributed by atoms with Gasteiger partial charge in [-0.1, -0.05) is 11.6 Å². The molecule has 0 aromatic heterocycles. The van der Waals surface area contributed by atoms with Crippen molar-refractivity contribution in [2.75, 3.05) is 13.7 Å². The molecule has 0 aliphatic rings. The molecule has 1 aromatic rings. The highest BCUT2D eigenvalue weighted by atomic mass is 35.5. The van der Waals surface area contributed by atoms with Crippen molar-refractivity contribution in [1.29, 1.82) is 0 Å². The molecule has 8 nitrogen and oxygen atoms in total. The highest BCUT2D eigenvalue weighted by molar-refractivity contribution is 6.32. The van der Waals surface area contributed by atoms with E-state index < -0.39 is 29.6 Å². The van der Waals surface area contributed by atoms with E-state index in [4.69, 9.17) is 25.8 Å². The first-order chi connectivity index (χ1) is 13.5. The summed E-state index contributed by atoms with van der Waals surface area (Å²) in [7, 11) is 1.48. The maximum absolute atomic E-state index is 12.0. The first kappa shape index (κ1) is 24.3. The van der Waals surface area contributed by atoms with Crippen LogP contribution in [0.2, 0.25) is 5.02 Å². The van der Waals surface area contributed by atoms with E-state index in [0.29, 0.717) is 28.7 Å². The van der Waals surface area contributed by atoms with Gasteiger partial charge in [0.25, 0.3) is 5.91 Å². The van der Waals surface area contributed by atoms with Crippen LogP contribution in [0.1, 0.15) is 40.2 Å². The number of amides is 3. The lowest BCUT2D eigenvalue weighted by Crippen LogP contribution is -2.50. The number of halogens is 1. The van der Waals surface area contributed by atoms with Crippen molar-refractivity contribution in [1.82, 2.24) is 10.6 Å². The SMILES string of the molecule is CCOc1c(Cl)cc(/C=C/C(=O)O[C@@H](C)C(=O)NC(=O)NC(C)(C)C)cc1OC. The second-order valence-electron chi connectivity index (χ2n) is 7.07. The van der Waals surface area contributed by atoms with Crippen molar-refractivity contribution < 1.29 is 28.6 Å². The number of hydrogen-bond acceptors (Lipinski definition) is 6. The molecule has 1 atom stereocenters. The monoisotopic (exact) mass is 426 g/mol. The number of carbonyl (C=O) groups excluding carboxylic acids is 3. The number of benzene rings is 1. The molecule has 0 heterocycles. The van der Waals surface area contributed by atoms with Crippen molar-refractivity contribution in [3.05, 3.63) is 28.8 Å². The normalized spacial score (nSPS) is 12.2. The molecule has 9 heteroatoms. The van der Waals surface area contributed by atoms with Crippen molar-refractivity contribution in [2.45, 2.75) is 46.3 Å². The Hall–Kier alpha value is -2.74. The molecule has 1 rings (SSSR count). The van der Waals surface area contributed by atoms with Crippen LogP contribution in [0.3, 0.4) is 0 Å². The molecule has 0 saturated carbocycles. The van der Waals surface area contributed by atoms with Gasteiger partial charge in [0.05, 0.1) is 18.7 Å². The highest BCUT2D eigenvalue weighted by Crippen LogP contribution is 2.36. The molecular formula is C20H27ClN2O6. The van der Waals surface area contributed by atoms with Crippen molar-refractivity contribution in [3.8, 4) is 11.5 Å². The van der Waals surface area contributed by atoms with Gasteiger partial charge in [0.2, 0.25) is 0 Å². The Balaban J connectivity index is 2.72. The number of esters is 1. The van der Waals surface area contributed by atoms with Crippen LogP contribution in [0.25, 0.3) is 6.08 Å². The average molecular weight is 427 g/mol. The molecule has 3 amide bonds. The van der Waals surface area contributed by atoms with Gasteiger partial charge in [0, 0.05) is 11.6 Å². The lowest BCUT2D eigenvalue weighted by molar-refractivity contribution is -0.149. The van der Waals surface area contributed by atoms with E-state index in [2.05, 4.69) is 10.6 Å². The van der Waals surface area contributed by atoms with Gasteiger partial charge in [-0.25, -0.2) is 9.59 Å². The molecule has 0 unspecified atom stereocenters. The van der Waals surface area contributed by atoms with Gasteiger partial charge in [0.15, 0.2) is 17.6 Å². The predicted molar refractivity (Wildman–Crippen MR) is 110 cm³/mol. The Bertz CT molecular complexity index is 786. The minimum atomic E-state index is -1.16. The van der Waals surface area contributed by atoms with E-state index in [1.165, 1.54) is 20.1 Å². The zero-order valence-electron chi connectivity index (χ0n) is 17.4. The molecule has 0 saturated heterocycles. The Kier molecular flexibility index (Phi) is 8.97. The average Bonchev–Trinajstić information content (AvgIpc) is 2.60. The highest BCUT2D eigenvalue weighted by Gasteiger charge is 2.21. The molecule has 2 N–H and O–H groups in total. The Morgan fingerprint density at radius 2 is 1.90 bits per heavy atom. The summed E-state index contributed by atoms with van der Waals surface area (Å²) in [6.45, 7) is 8.92. The molecule has 0 radical (unpaired) electrons. The van der Waals surface area contributed by atoms with Gasteiger partial charge in [-0.15, -0.1) is 0 Å². The zero-order chi connectivity index (χ0) is 22.2. The first-order valence-corrected chi connectivity index (χ1v) is 9.36. The van der Waals surface area contributed by atoms with Gasteiger partial charge in [-0.05, 0) is 58.4 Å². The predicted octanol–water partition coefficient (Wildman–Crippen LogP) is 3.32. The summed E-state index contributed by atoms with van der Waals surface area (Å²) in [5, 5.41) is 5.02. The molecule has 0 aliphatic heterocycles. The van der Waals surface area contributed by atoms with Crippen molar-refractivity contribution in [2.24, 2.45) is 0 Å². The van der Waals surface area contributed by atoms with Crippen LogP contribution in [0.4, 0.5) is 4.79 Å². The van der Waals surface area contributed by atoms with Crippen LogP contribution in [-0.4, -0.2) is 43.3 Å². The van der Waals surface area contributed by atoms with E-state index in [0.717, 1.165) is 6.08 Å². The minimum absolute atomic E-state index is 0.330. The molecule has 0 bridgehead atoms. The lowest BCUT2D eigenvalue weighted by Gasteiger charge is -2.21. The Morgan fingerprint density at radius 1 is 1.24 bits per heavy atom. The summed E-state index contributed by atoms with van der Waals surface area (Å²) in [5.41, 5.74) is 0.0708. The third-order valence-corrected chi connectivity index (χ3v) is 3.62. The Labute approximate surface area is 175 Å². The van der Waals surface area contributed by atoms with Crippen LogP contribution < -0.4 is 20.1 Å². The number of carbonyl (C=O) groups is 3. The summed E-state index contributed by atoms with van der Waals surface area (Å²) < 4.78 is 15.7. The van der Waals surface area contributed by atoms with Gasteiger partial charge in [-0.2, -0.15) is 0 Å². The smallest absolute Gasteiger partial charge is 0.331 e. The van der Waals surface area contributed by atoms with E-state index in [9.17, 15) is 14.4 Å². The molecule has 0 fully saturated rings. The molecule has 160 valence electrons. The lowest BCUT2D eigenvalue weighted by atomic mass is 10.1. The first-order valence-electron chi connectivity index (χ1n) is 8.98. The van der Waals surface area contributed by atoms with Gasteiger partial charge in [0.1, 0.15) is 0 Å². The number of methoxy groups -OCH3 is 1. The summed E-state index contributed by atoms with van der Waals surface area (Å²) >= 11 is 6.18.